The van der Waals surface area contributed by atoms with Crippen molar-refractivity contribution < 1.29 is 9.26 Å². The molecule has 2 aromatic heterocycles. The molecule has 6 nitrogen and oxygen atoms in total. The Bertz CT molecular complexity index is 495. The van der Waals surface area contributed by atoms with E-state index in [1.165, 1.54) is 0 Å². The number of rotatable bonds is 5. The molecule has 2 heterocycles. The van der Waals surface area contributed by atoms with Crippen LogP contribution in [0.1, 0.15) is 17.0 Å². The first kappa shape index (κ1) is 12.5. The number of aromatic nitrogens is 3. The van der Waals surface area contributed by atoms with Crippen LogP contribution in [0.25, 0.3) is 0 Å². The predicted octanol–water partition coefficient (Wildman–Crippen LogP) is 1.41. The summed E-state index contributed by atoms with van der Waals surface area (Å²) >= 11 is 0. The van der Waals surface area contributed by atoms with Crippen LogP contribution in [0.3, 0.4) is 0 Å². The van der Waals surface area contributed by atoms with E-state index in [0.717, 1.165) is 23.6 Å². The molecule has 2 aromatic rings. The first-order valence-electron chi connectivity index (χ1n) is 5.63. The van der Waals surface area contributed by atoms with Gasteiger partial charge in [-0.2, -0.15) is 0 Å². The van der Waals surface area contributed by atoms with E-state index in [2.05, 4.69) is 20.0 Å². The molecule has 96 valence electrons. The zero-order chi connectivity index (χ0) is 13.0. The third kappa shape index (κ3) is 3.27. The molecule has 0 atom stereocenters. The minimum atomic E-state index is 0.382. The molecule has 0 aliphatic heterocycles. The zero-order valence-electron chi connectivity index (χ0n) is 10.8. The minimum absolute atomic E-state index is 0.382. The Labute approximate surface area is 106 Å². The van der Waals surface area contributed by atoms with Crippen LogP contribution in [-0.2, 0) is 13.1 Å². The van der Waals surface area contributed by atoms with Gasteiger partial charge in [0.25, 0.3) is 0 Å². The molecule has 0 radical (unpaired) electrons. The van der Waals surface area contributed by atoms with Crippen molar-refractivity contribution in [3.8, 4) is 6.01 Å². The van der Waals surface area contributed by atoms with Crippen LogP contribution in [0.15, 0.2) is 23.0 Å². The van der Waals surface area contributed by atoms with Crippen molar-refractivity contribution >= 4 is 0 Å². The van der Waals surface area contributed by atoms with Gasteiger partial charge in [0.1, 0.15) is 0 Å². The van der Waals surface area contributed by atoms with Crippen molar-refractivity contribution in [2.24, 2.45) is 0 Å². The maximum Gasteiger partial charge on any atom is 0.316 e. The van der Waals surface area contributed by atoms with Crippen LogP contribution in [0.2, 0.25) is 0 Å². The van der Waals surface area contributed by atoms with Crippen LogP contribution < -0.4 is 4.74 Å². The molecule has 0 unspecified atom stereocenters. The lowest BCUT2D eigenvalue weighted by atomic mass is 10.3. The van der Waals surface area contributed by atoms with Gasteiger partial charge in [0.05, 0.1) is 19.3 Å². The van der Waals surface area contributed by atoms with E-state index in [1.54, 1.807) is 19.5 Å². The van der Waals surface area contributed by atoms with E-state index in [4.69, 9.17) is 9.26 Å². The van der Waals surface area contributed by atoms with Gasteiger partial charge in [0.2, 0.25) is 0 Å². The summed E-state index contributed by atoms with van der Waals surface area (Å²) in [5.41, 5.74) is 1.92. The van der Waals surface area contributed by atoms with Crippen molar-refractivity contribution in [1.29, 1.82) is 0 Å². The summed E-state index contributed by atoms with van der Waals surface area (Å²) in [6.07, 6.45) is 3.52. The third-order valence-corrected chi connectivity index (χ3v) is 2.42. The summed E-state index contributed by atoms with van der Waals surface area (Å²) in [5, 5.41) is 3.86. The van der Waals surface area contributed by atoms with Gasteiger partial charge in [-0.3, -0.25) is 4.90 Å². The third-order valence-electron chi connectivity index (χ3n) is 2.42. The highest BCUT2D eigenvalue weighted by Gasteiger charge is 2.07. The number of nitrogens with zero attached hydrogens (tertiary/aromatic N) is 4. The molecule has 2 rings (SSSR count). The predicted molar refractivity (Wildman–Crippen MR) is 65.0 cm³/mol. The molecule has 6 heteroatoms. The van der Waals surface area contributed by atoms with Crippen LogP contribution in [-0.4, -0.2) is 34.2 Å². The molecule has 0 aromatic carbocycles. The van der Waals surface area contributed by atoms with Gasteiger partial charge < -0.3 is 9.26 Å². The molecule has 0 amide bonds. The zero-order valence-corrected chi connectivity index (χ0v) is 10.8. The molecule has 0 fully saturated rings. The number of aryl methyl sites for hydroxylation is 1. The van der Waals surface area contributed by atoms with Gasteiger partial charge in [-0.15, -0.1) is 0 Å². The minimum Gasteiger partial charge on any atom is -0.467 e. The van der Waals surface area contributed by atoms with Gasteiger partial charge in [-0.25, -0.2) is 9.97 Å². The van der Waals surface area contributed by atoms with Crippen LogP contribution in [0.4, 0.5) is 0 Å². The Morgan fingerprint density at radius 3 is 2.56 bits per heavy atom. The summed E-state index contributed by atoms with van der Waals surface area (Å²) in [7, 11) is 3.55. The molecule has 18 heavy (non-hydrogen) atoms. The van der Waals surface area contributed by atoms with Crippen LogP contribution >= 0.6 is 0 Å². The second kappa shape index (κ2) is 5.59. The lowest BCUT2D eigenvalue weighted by Gasteiger charge is -2.14. The van der Waals surface area contributed by atoms with E-state index < -0.39 is 0 Å². The lowest BCUT2D eigenvalue weighted by molar-refractivity contribution is 0.265. The van der Waals surface area contributed by atoms with Gasteiger partial charge in [0, 0.05) is 30.6 Å². The fraction of sp³-hybridized carbons (Fsp3) is 0.417. The van der Waals surface area contributed by atoms with Crippen molar-refractivity contribution in [2.75, 3.05) is 14.2 Å². The number of methoxy groups -OCH3 is 1. The number of ether oxygens (including phenoxy) is 1. The van der Waals surface area contributed by atoms with Gasteiger partial charge in [-0.1, -0.05) is 5.16 Å². The molecule has 0 aliphatic rings. The topological polar surface area (TPSA) is 64.3 Å². The van der Waals surface area contributed by atoms with Crippen LogP contribution in [0, 0.1) is 6.92 Å². The SMILES string of the molecule is COc1ncc(CN(C)Cc2cc(C)no2)cn1. The highest BCUT2D eigenvalue weighted by Crippen LogP contribution is 2.09. The van der Waals surface area contributed by atoms with Crippen molar-refractivity contribution in [1.82, 2.24) is 20.0 Å². The van der Waals surface area contributed by atoms with Crippen molar-refractivity contribution in [3.63, 3.8) is 0 Å². The molecule has 0 aliphatic carbocycles. The first-order valence-corrected chi connectivity index (χ1v) is 5.63. The maximum absolute atomic E-state index is 5.17. The Morgan fingerprint density at radius 2 is 2.00 bits per heavy atom. The van der Waals surface area contributed by atoms with Crippen molar-refractivity contribution in [3.05, 3.63) is 35.5 Å². The summed E-state index contributed by atoms with van der Waals surface area (Å²) in [6, 6.07) is 2.31. The Morgan fingerprint density at radius 1 is 1.28 bits per heavy atom. The molecule has 0 bridgehead atoms. The van der Waals surface area contributed by atoms with E-state index in [0.29, 0.717) is 12.6 Å². The van der Waals surface area contributed by atoms with Gasteiger partial charge in [-0.05, 0) is 14.0 Å². The van der Waals surface area contributed by atoms with E-state index in [-0.39, 0.29) is 0 Å². The van der Waals surface area contributed by atoms with E-state index in [1.807, 2.05) is 20.0 Å². The van der Waals surface area contributed by atoms with Gasteiger partial charge in [0.15, 0.2) is 5.76 Å². The Kier molecular flexibility index (Phi) is 3.88. The van der Waals surface area contributed by atoms with Crippen molar-refractivity contribution in [2.45, 2.75) is 20.0 Å². The summed E-state index contributed by atoms with van der Waals surface area (Å²) in [6.45, 7) is 3.35. The molecular weight excluding hydrogens is 232 g/mol. The maximum atomic E-state index is 5.17. The second-order valence-electron chi connectivity index (χ2n) is 4.18. The number of hydrogen-bond acceptors (Lipinski definition) is 6. The fourth-order valence-corrected chi connectivity index (χ4v) is 1.65. The molecular formula is C12H16N4O2. The summed E-state index contributed by atoms with van der Waals surface area (Å²) in [5.74, 6) is 0.851. The largest absolute Gasteiger partial charge is 0.467 e. The smallest absolute Gasteiger partial charge is 0.316 e. The lowest BCUT2D eigenvalue weighted by Crippen LogP contribution is -2.17. The second-order valence-corrected chi connectivity index (χ2v) is 4.18. The molecule has 0 saturated heterocycles. The summed E-state index contributed by atoms with van der Waals surface area (Å²) < 4.78 is 10.1. The highest BCUT2D eigenvalue weighted by molar-refractivity contribution is 5.08. The van der Waals surface area contributed by atoms with E-state index in [9.17, 15) is 0 Å². The number of hydrogen-bond donors (Lipinski definition) is 0. The Balaban J connectivity index is 1.91. The van der Waals surface area contributed by atoms with Crippen LogP contribution in [0.5, 0.6) is 6.01 Å². The average Bonchev–Trinajstić information content (AvgIpc) is 2.75. The first-order chi connectivity index (χ1) is 8.67. The Hall–Kier alpha value is -1.95. The fourth-order valence-electron chi connectivity index (χ4n) is 1.65. The highest BCUT2D eigenvalue weighted by atomic mass is 16.5. The van der Waals surface area contributed by atoms with E-state index >= 15 is 0 Å². The average molecular weight is 248 g/mol. The molecule has 0 N–H and O–H groups in total. The monoisotopic (exact) mass is 248 g/mol. The molecule has 0 spiro atoms. The standard InChI is InChI=1S/C12H16N4O2/c1-9-4-11(18-15-9)8-16(2)7-10-5-13-12(17-3)14-6-10/h4-6H,7-8H2,1-3H3. The van der Waals surface area contributed by atoms with Gasteiger partial charge >= 0.3 is 6.01 Å². The molecule has 0 saturated carbocycles. The normalized spacial score (nSPS) is 10.9. The quantitative estimate of drug-likeness (QED) is 0.797. The summed E-state index contributed by atoms with van der Waals surface area (Å²) in [4.78, 5) is 10.2.